The molecule has 0 saturated heterocycles. The number of nitrogens with two attached hydrogens (primary N) is 1. The van der Waals surface area contributed by atoms with E-state index in [1.54, 1.807) is 17.7 Å². The molecule has 0 amide bonds. The van der Waals surface area contributed by atoms with Crippen LogP contribution >= 0.6 is 0 Å². The first kappa shape index (κ1) is 19.6. The minimum atomic E-state index is -0.171. The van der Waals surface area contributed by atoms with E-state index in [1.807, 2.05) is 25.2 Å². The number of hydrogen-bond donors (Lipinski definition) is 3. The van der Waals surface area contributed by atoms with E-state index in [0.29, 0.717) is 5.92 Å². The fourth-order valence-corrected chi connectivity index (χ4v) is 4.25. The molecule has 0 spiro atoms. The van der Waals surface area contributed by atoms with Gasteiger partial charge in [0.25, 0.3) is 0 Å². The zero-order valence-electron chi connectivity index (χ0n) is 17.1. The molecular formula is C25H30FN3. The molecule has 152 valence electrons. The van der Waals surface area contributed by atoms with E-state index in [4.69, 9.17) is 5.73 Å². The van der Waals surface area contributed by atoms with Crippen LogP contribution in [0.1, 0.15) is 50.5 Å². The van der Waals surface area contributed by atoms with Gasteiger partial charge in [-0.25, -0.2) is 4.39 Å². The lowest BCUT2D eigenvalue weighted by Crippen LogP contribution is -2.15. The van der Waals surface area contributed by atoms with Gasteiger partial charge in [0, 0.05) is 18.4 Å². The van der Waals surface area contributed by atoms with Gasteiger partial charge in [0.05, 0.1) is 11.4 Å². The van der Waals surface area contributed by atoms with Gasteiger partial charge in [0.2, 0.25) is 0 Å². The van der Waals surface area contributed by atoms with Crippen LogP contribution < -0.4 is 16.4 Å². The summed E-state index contributed by atoms with van der Waals surface area (Å²) < 4.78 is 13.2. The van der Waals surface area contributed by atoms with Crippen LogP contribution in [0.15, 0.2) is 59.8 Å². The highest BCUT2D eigenvalue weighted by Gasteiger charge is 2.21. The summed E-state index contributed by atoms with van der Waals surface area (Å²) in [5.74, 6) is 0.474. The Bertz CT molecular complexity index is 922. The maximum Gasteiger partial charge on any atom is 0.123 e. The second-order valence-corrected chi connectivity index (χ2v) is 8.19. The van der Waals surface area contributed by atoms with Crippen molar-refractivity contribution in [2.45, 2.75) is 44.9 Å². The lowest BCUT2D eigenvalue weighted by Gasteiger charge is -2.28. The molecule has 1 fully saturated rings. The van der Waals surface area contributed by atoms with Gasteiger partial charge in [-0.2, -0.15) is 0 Å². The van der Waals surface area contributed by atoms with E-state index >= 15 is 0 Å². The molecule has 1 unspecified atom stereocenters. The molecular weight excluding hydrogens is 361 g/mol. The van der Waals surface area contributed by atoms with Gasteiger partial charge < -0.3 is 16.4 Å². The summed E-state index contributed by atoms with van der Waals surface area (Å²) in [7, 11) is 1.90. The number of allylic oxidation sites excluding steroid dienone is 4. The van der Waals surface area contributed by atoms with Crippen molar-refractivity contribution in [1.29, 1.82) is 0 Å². The maximum absolute atomic E-state index is 13.2. The molecule has 0 heterocycles. The lowest BCUT2D eigenvalue weighted by atomic mass is 9.81. The van der Waals surface area contributed by atoms with E-state index in [0.717, 1.165) is 41.9 Å². The van der Waals surface area contributed by atoms with Crippen LogP contribution in [0.5, 0.6) is 0 Å². The normalized spacial score (nSPS) is 18.6. The summed E-state index contributed by atoms with van der Waals surface area (Å²) in [6.07, 6.45) is 10.5. The summed E-state index contributed by atoms with van der Waals surface area (Å²) in [4.78, 5) is 0. The van der Waals surface area contributed by atoms with E-state index < -0.39 is 0 Å². The Balaban J connectivity index is 1.44. The average molecular weight is 392 g/mol. The molecule has 0 radical (unpaired) electrons. The first-order chi connectivity index (χ1) is 14.1. The smallest absolute Gasteiger partial charge is 0.123 e. The summed E-state index contributed by atoms with van der Waals surface area (Å²) in [5, 5.41) is 6.86. The van der Waals surface area contributed by atoms with Crippen LogP contribution in [-0.2, 0) is 0 Å². The van der Waals surface area contributed by atoms with E-state index in [-0.39, 0.29) is 5.82 Å². The standard InChI is InChI=1S/C25H30FN3/c1-28-25-16-22(13-14-23(25)27)29-24(20-3-2-4-20)15-17-5-7-18(8-6-17)19-9-11-21(26)12-10-19/h7,9-14,16-17,28-29H,2-6,8,15,27H2,1H3. The fraction of sp³-hybridized carbons (Fsp3) is 0.360. The van der Waals surface area contributed by atoms with Crippen LogP contribution in [0.3, 0.4) is 0 Å². The summed E-state index contributed by atoms with van der Waals surface area (Å²) in [6, 6.07) is 13.0. The van der Waals surface area contributed by atoms with Crippen LogP contribution in [0, 0.1) is 11.7 Å². The van der Waals surface area contributed by atoms with Crippen LogP contribution in [0.2, 0.25) is 0 Å². The van der Waals surface area contributed by atoms with E-state index in [9.17, 15) is 4.39 Å². The number of benzene rings is 2. The monoisotopic (exact) mass is 391 g/mol. The van der Waals surface area contributed by atoms with Gasteiger partial charge in [0.1, 0.15) is 5.82 Å². The molecule has 2 aliphatic carbocycles. The topological polar surface area (TPSA) is 50.1 Å². The first-order valence-electron chi connectivity index (χ1n) is 10.6. The highest BCUT2D eigenvalue weighted by atomic mass is 19.1. The van der Waals surface area contributed by atoms with Crippen molar-refractivity contribution in [3.63, 3.8) is 0 Å². The molecule has 4 rings (SSSR count). The molecule has 0 bridgehead atoms. The second kappa shape index (κ2) is 8.73. The summed E-state index contributed by atoms with van der Waals surface area (Å²) >= 11 is 0. The third-order valence-electron chi connectivity index (χ3n) is 6.23. The molecule has 29 heavy (non-hydrogen) atoms. The molecule has 1 atom stereocenters. The van der Waals surface area contributed by atoms with Gasteiger partial charge in [-0.05, 0) is 92.3 Å². The van der Waals surface area contributed by atoms with Crippen molar-refractivity contribution in [1.82, 2.24) is 0 Å². The number of halogens is 1. The van der Waals surface area contributed by atoms with Crippen LogP contribution in [0.4, 0.5) is 21.5 Å². The van der Waals surface area contributed by atoms with Crippen molar-refractivity contribution in [3.05, 3.63) is 71.2 Å². The minimum Gasteiger partial charge on any atom is -0.397 e. The number of rotatable bonds is 6. The fourth-order valence-electron chi connectivity index (χ4n) is 4.25. The molecule has 2 aromatic carbocycles. The molecule has 2 aliphatic rings. The SMILES string of the molecule is CNc1cc(NC(CC2CC=C(c3ccc(F)cc3)CC2)=C2CCC2)ccc1N. The lowest BCUT2D eigenvalue weighted by molar-refractivity contribution is 0.475. The molecule has 4 N–H and O–H groups in total. The Morgan fingerprint density at radius 2 is 1.90 bits per heavy atom. The van der Waals surface area contributed by atoms with Crippen LogP contribution in [-0.4, -0.2) is 7.05 Å². The van der Waals surface area contributed by atoms with Crippen molar-refractivity contribution in [3.8, 4) is 0 Å². The number of nitrogen functional groups attached to an aromatic ring is 1. The number of nitrogens with one attached hydrogen (secondary N) is 2. The zero-order valence-corrected chi connectivity index (χ0v) is 17.1. The molecule has 4 heteroatoms. The maximum atomic E-state index is 13.2. The third-order valence-corrected chi connectivity index (χ3v) is 6.23. The van der Waals surface area contributed by atoms with Gasteiger partial charge >= 0.3 is 0 Å². The largest absolute Gasteiger partial charge is 0.397 e. The molecule has 2 aromatic rings. The molecule has 0 aromatic heterocycles. The van der Waals surface area contributed by atoms with Crippen molar-refractivity contribution >= 4 is 22.6 Å². The third kappa shape index (κ3) is 4.64. The highest BCUT2D eigenvalue weighted by molar-refractivity contribution is 5.72. The number of hydrogen-bond acceptors (Lipinski definition) is 3. The van der Waals surface area contributed by atoms with E-state index in [1.165, 1.54) is 37.0 Å². The number of anilines is 3. The Labute approximate surface area is 172 Å². The van der Waals surface area contributed by atoms with Crippen molar-refractivity contribution < 1.29 is 4.39 Å². The van der Waals surface area contributed by atoms with Gasteiger partial charge in [0.15, 0.2) is 0 Å². The first-order valence-corrected chi connectivity index (χ1v) is 10.6. The molecule has 1 saturated carbocycles. The molecule has 0 aliphatic heterocycles. The summed E-state index contributed by atoms with van der Waals surface area (Å²) in [6.45, 7) is 0. The molecule has 3 nitrogen and oxygen atoms in total. The quantitative estimate of drug-likeness (QED) is 0.488. The average Bonchev–Trinajstić information content (AvgIpc) is 2.69. The predicted molar refractivity (Wildman–Crippen MR) is 121 cm³/mol. The Morgan fingerprint density at radius 3 is 2.52 bits per heavy atom. The second-order valence-electron chi connectivity index (χ2n) is 8.19. The van der Waals surface area contributed by atoms with Gasteiger partial charge in [-0.3, -0.25) is 0 Å². The predicted octanol–water partition coefficient (Wildman–Crippen LogP) is 6.57. The van der Waals surface area contributed by atoms with Crippen molar-refractivity contribution in [2.75, 3.05) is 23.4 Å². The van der Waals surface area contributed by atoms with Crippen molar-refractivity contribution in [2.24, 2.45) is 5.92 Å². The zero-order chi connectivity index (χ0) is 20.2. The minimum absolute atomic E-state index is 0.171. The Morgan fingerprint density at radius 1 is 1.10 bits per heavy atom. The Hall–Kier alpha value is -2.75. The van der Waals surface area contributed by atoms with Gasteiger partial charge in [-0.15, -0.1) is 0 Å². The van der Waals surface area contributed by atoms with Crippen LogP contribution in [0.25, 0.3) is 5.57 Å². The Kier molecular flexibility index (Phi) is 5.89. The highest BCUT2D eigenvalue weighted by Crippen LogP contribution is 2.38. The van der Waals surface area contributed by atoms with E-state index in [2.05, 4.69) is 28.8 Å². The van der Waals surface area contributed by atoms with Gasteiger partial charge in [-0.1, -0.05) is 23.8 Å². The summed E-state index contributed by atoms with van der Waals surface area (Å²) in [5.41, 5.74) is 14.3.